The minimum atomic E-state index is -0.103. The Labute approximate surface area is 198 Å². The quantitative estimate of drug-likeness (QED) is 0.423. The zero-order chi connectivity index (χ0) is 22.9. The van der Waals surface area contributed by atoms with E-state index >= 15 is 0 Å². The summed E-state index contributed by atoms with van der Waals surface area (Å²) in [6, 6.07) is 19.4. The Morgan fingerprint density at radius 1 is 1.03 bits per heavy atom. The molecule has 1 aliphatic rings. The summed E-state index contributed by atoms with van der Waals surface area (Å²) in [6.45, 7) is 4.78. The van der Waals surface area contributed by atoms with Gasteiger partial charge in [-0.3, -0.25) is 9.97 Å². The Morgan fingerprint density at radius 2 is 1.85 bits per heavy atom. The molecule has 3 aromatic heterocycles. The maximum Gasteiger partial charge on any atom is 0.170 e. The number of thiocarbonyl (C=S) groups is 1. The van der Waals surface area contributed by atoms with E-state index < -0.39 is 0 Å². The number of hydrogen-bond donors (Lipinski definition) is 2. The van der Waals surface area contributed by atoms with Crippen molar-refractivity contribution >= 4 is 17.3 Å². The third kappa shape index (κ3) is 3.85. The molecular formula is C26H25N5OS. The predicted octanol–water partition coefficient (Wildman–Crippen LogP) is 4.76. The van der Waals surface area contributed by atoms with Crippen molar-refractivity contribution in [2.24, 2.45) is 0 Å². The number of hydrogen-bond acceptors (Lipinski definition) is 4. The van der Waals surface area contributed by atoms with Crippen molar-refractivity contribution in [1.29, 1.82) is 0 Å². The Balaban J connectivity index is 1.63. The zero-order valence-corrected chi connectivity index (χ0v) is 19.3. The van der Waals surface area contributed by atoms with Crippen molar-refractivity contribution in [3.8, 4) is 11.4 Å². The van der Waals surface area contributed by atoms with Crippen LogP contribution in [0.25, 0.3) is 5.69 Å². The SMILES string of the molecule is Cc1cc(C2C(c3ccccn3)NC(=S)N2Cc2cccnc2)c(C)n1-c1ccccc1O. The Morgan fingerprint density at radius 3 is 2.58 bits per heavy atom. The lowest BCUT2D eigenvalue weighted by Crippen LogP contribution is -2.29. The first kappa shape index (κ1) is 21.2. The summed E-state index contributed by atoms with van der Waals surface area (Å²) in [5, 5.41) is 14.7. The molecule has 5 rings (SSSR count). The second kappa shape index (κ2) is 8.67. The molecule has 4 heterocycles. The summed E-state index contributed by atoms with van der Waals surface area (Å²) in [6.07, 6.45) is 5.46. The van der Waals surface area contributed by atoms with Crippen molar-refractivity contribution in [2.45, 2.75) is 32.5 Å². The number of phenols is 1. The monoisotopic (exact) mass is 455 g/mol. The van der Waals surface area contributed by atoms with Gasteiger partial charge >= 0.3 is 0 Å². The first-order valence-corrected chi connectivity index (χ1v) is 11.3. The summed E-state index contributed by atoms with van der Waals surface area (Å²) < 4.78 is 2.10. The molecule has 6 nitrogen and oxygen atoms in total. The van der Waals surface area contributed by atoms with Gasteiger partial charge in [0.2, 0.25) is 0 Å². The summed E-state index contributed by atoms with van der Waals surface area (Å²) in [5.41, 5.74) is 6.03. The number of aromatic nitrogens is 3. The molecule has 0 aliphatic carbocycles. The molecule has 0 saturated carbocycles. The molecule has 0 radical (unpaired) electrons. The van der Waals surface area contributed by atoms with Crippen LogP contribution in [0.5, 0.6) is 5.75 Å². The van der Waals surface area contributed by atoms with Gasteiger partial charge in [0.05, 0.1) is 23.5 Å². The van der Waals surface area contributed by atoms with Crippen molar-refractivity contribution in [3.63, 3.8) is 0 Å². The van der Waals surface area contributed by atoms with E-state index in [9.17, 15) is 5.11 Å². The number of benzene rings is 1. The molecule has 2 atom stereocenters. The molecular weight excluding hydrogens is 430 g/mol. The van der Waals surface area contributed by atoms with E-state index in [4.69, 9.17) is 12.2 Å². The molecule has 1 saturated heterocycles. The lowest BCUT2D eigenvalue weighted by atomic mass is 9.96. The predicted molar refractivity (Wildman–Crippen MR) is 132 cm³/mol. The average Bonchev–Trinajstić information content (AvgIpc) is 3.30. The minimum absolute atomic E-state index is 0.0709. The lowest BCUT2D eigenvalue weighted by molar-refractivity contribution is 0.310. The van der Waals surface area contributed by atoms with Gasteiger partial charge in [0.15, 0.2) is 5.11 Å². The van der Waals surface area contributed by atoms with Crippen molar-refractivity contribution in [2.75, 3.05) is 0 Å². The van der Waals surface area contributed by atoms with Gasteiger partial charge in [0.25, 0.3) is 0 Å². The van der Waals surface area contributed by atoms with Crippen LogP contribution < -0.4 is 5.32 Å². The molecule has 7 heteroatoms. The van der Waals surface area contributed by atoms with Crippen LogP contribution >= 0.6 is 12.2 Å². The van der Waals surface area contributed by atoms with Gasteiger partial charge in [-0.1, -0.05) is 24.3 Å². The molecule has 166 valence electrons. The maximum absolute atomic E-state index is 10.5. The molecule has 0 bridgehead atoms. The van der Waals surface area contributed by atoms with Gasteiger partial charge in [-0.2, -0.15) is 0 Å². The fraction of sp³-hybridized carbons (Fsp3) is 0.192. The second-order valence-corrected chi connectivity index (χ2v) is 8.65. The van der Waals surface area contributed by atoms with E-state index in [1.807, 2.05) is 54.9 Å². The van der Waals surface area contributed by atoms with Crippen LogP contribution in [0.4, 0.5) is 0 Å². The van der Waals surface area contributed by atoms with Crippen LogP contribution in [0, 0.1) is 13.8 Å². The molecule has 2 N–H and O–H groups in total. The van der Waals surface area contributed by atoms with Crippen LogP contribution in [-0.2, 0) is 6.54 Å². The average molecular weight is 456 g/mol. The topological polar surface area (TPSA) is 66.2 Å². The van der Waals surface area contributed by atoms with Crippen LogP contribution in [0.2, 0.25) is 0 Å². The highest BCUT2D eigenvalue weighted by molar-refractivity contribution is 7.80. The third-order valence-electron chi connectivity index (χ3n) is 6.19. The molecule has 2 unspecified atom stereocenters. The first-order chi connectivity index (χ1) is 16.0. The van der Waals surface area contributed by atoms with Crippen LogP contribution in [0.3, 0.4) is 0 Å². The fourth-order valence-corrected chi connectivity index (χ4v) is 5.02. The largest absolute Gasteiger partial charge is 0.506 e. The number of aryl methyl sites for hydroxylation is 1. The van der Waals surface area contributed by atoms with E-state index in [0.717, 1.165) is 33.9 Å². The standard InChI is InChI=1S/C26H25N5OS/c1-17-14-20(18(2)31(17)22-10-3-4-11-23(22)32)25-24(21-9-5-6-13-28-21)29-26(33)30(25)16-19-8-7-12-27-15-19/h3-15,24-25,32H,16H2,1-2H3,(H,29,33). The van der Waals surface area contributed by atoms with Crippen LogP contribution in [-0.4, -0.2) is 29.7 Å². The molecule has 1 aromatic carbocycles. The number of nitrogens with zero attached hydrogens (tertiary/aromatic N) is 4. The maximum atomic E-state index is 10.5. The van der Waals surface area contributed by atoms with Crippen LogP contribution in [0.1, 0.15) is 40.3 Å². The Kier molecular flexibility index (Phi) is 5.56. The van der Waals surface area contributed by atoms with Crippen molar-refractivity contribution in [3.05, 3.63) is 107 Å². The lowest BCUT2D eigenvalue weighted by Gasteiger charge is -2.28. The first-order valence-electron chi connectivity index (χ1n) is 10.9. The zero-order valence-electron chi connectivity index (χ0n) is 18.5. The highest BCUT2D eigenvalue weighted by Gasteiger charge is 2.41. The van der Waals surface area contributed by atoms with E-state index in [2.05, 4.69) is 50.7 Å². The summed E-state index contributed by atoms with van der Waals surface area (Å²) in [4.78, 5) is 11.1. The second-order valence-electron chi connectivity index (χ2n) is 8.27. The molecule has 1 fully saturated rings. The van der Waals surface area contributed by atoms with E-state index in [-0.39, 0.29) is 17.8 Å². The summed E-state index contributed by atoms with van der Waals surface area (Å²) in [5.74, 6) is 0.249. The summed E-state index contributed by atoms with van der Waals surface area (Å²) >= 11 is 5.81. The number of rotatable bonds is 5. The molecule has 4 aromatic rings. The third-order valence-corrected chi connectivity index (χ3v) is 6.54. The van der Waals surface area contributed by atoms with Gasteiger partial charge in [0.1, 0.15) is 5.75 Å². The highest BCUT2D eigenvalue weighted by atomic mass is 32.1. The number of aromatic hydroxyl groups is 1. The number of para-hydroxylation sites is 2. The van der Waals surface area contributed by atoms with Gasteiger partial charge < -0.3 is 19.9 Å². The summed E-state index contributed by atoms with van der Waals surface area (Å²) in [7, 11) is 0. The normalized spacial score (nSPS) is 17.9. The van der Waals surface area contributed by atoms with Gasteiger partial charge in [-0.15, -0.1) is 0 Å². The van der Waals surface area contributed by atoms with Crippen molar-refractivity contribution < 1.29 is 5.11 Å². The van der Waals surface area contributed by atoms with Crippen molar-refractivity contribution in [1.82, 2.24) is 24.8 Å². The van der Waals surface area contributed by atoms with Gasteiger partial charge in [0, 0.05) is 36.5 Å². The number of pyridine rings is 2. The fourth-order valence-electron chi connectivity index (χ4n) is 4.71. The Bertz CT molecular complexity index is 1290. The van der Waals surface area contributed by atoms with E-state index in [1.165, 1.54) is 0 Å². The number of nitrogens with one attached hydrogen (secondary N) is 1. The highest BCUT2D eigenvalue weighted by Crippen LogP contribution is 2.42. The van der Waals surface area contributed by atoms with Gasteiger partial charge in [-0.05, 0) is 73.6 Å². The van der Waals surface area contributed by atoms with E-state index in [0.29, 0.717) is 11.7 Å². The molecule has 0 amide bonds. The molecule has 1 aliphatic heterocycles. The van der Waals surface area contributed by atoms with E-state index in [1.54, 1.807) is 12.3 Å². The number of phenolic OH excluding ortho intramolecular Hbond substituents is 1. The molecule has 33 heavy (non-hydrogen) atoms. The van der Waals surface area contributed by atoms with Gasteiger partial charge in [-0.25, -0.2) is 0 Å². The smallest absolute Gasteiger partial charge is 0.170 e. The molecule has 0 spiro atoms. The Hall–Kier alpha value is -3.71. The minimum Gasteiger partial charge on any atom is -0.506 e. The van der Waals surface area contributed by atoms with Crippen LogP contribution in [0.15, 0.2) is 79.3 Å².